The number of aryl methyl sites for hydroxylation is 1. The van der Waals surface area contributed by atoms with Gasteiger partial charge in [-0.15, -0.1) is 0 Å². The largest absolute Gasteiger partial charge is 0.354 e. The molecule has 6 heteroatoms. The molecule has 1 saturated heterocycles. The molecule has 1 aromatic heterocycles. The van der Waals surface area contributed by atoms with Gasteiger partial charge in [0.2, 0.25) is 5.91 Å². The molecule has 0 radical (unpaired) electrons. The number of para-hydroxylation sites is 1. The summed E-state index contributed by atoms with van der Waals surface area (Å²) < 4.78 is 2.09. The van der Waals surface area contributed by atoms with E-state index in [-0.39, 0.29) is 11.9 Å². The van der Waals surface area contributed by atoms with Crippen molar-refractivity contribution in [3.63, 3.8) is 0 Å². The number of amides is 1. The van der Waals surface area contributed by atoms with Crippen LogP contribution in [-0.4, -0.2) is 64.3 Å². The fourth-order valence-electron chi connectivity index (χ4n) is 4.32. The molecule has 0 spiro atoms. The first-order valence-electron chi connectivity index (χ1n) is 11.9. The van der Waals surface area contributed by atoms with Crippen molar-refractivity contribution in [3.8, 4) is 5.69 Å². The van der Waals surface area contributed by atoms with Crippen LogP contribution < -0.4 is 4.90 Å². The van der Waals surface area contributed by atoms with E-state index in [1.54, 1.807) is 0 Å². The Morgan fingerprint density at radius 1 is 1.10 bits per heavy atom. The van der Waals surface area contributed by atoms with Crippen LogP contribution in [0.4, 0.5) is 5.82 Å². The van der Waals surface area contributed by atoms with Gasteiger partial charge >= 0.3 is 0 Å². The normalized spacial score (nSPS) is 15.8. The molecular formula is C25H39N5O. The second-order valence-corrected chi connectivity index (χ2v) is 8.59. The van der Waals surface area contributed by atoms with E-state index in [1.807, 2.05) is 6.07 Å². The lowest BCUT2D eigenvalue weighted by molar-refractivity contribution is -0.134. The van der Waals surface area contributed by atoms with E-state index in [0.717, 1.165) is 62.8 Å². The number of aromatic nitrogens is 2. The summed E-state index contributed by atoms with van der Waals surface area (Å²) in [5.41, 5.74) is 3.26. The van der Waals surface area contributed by atoms with Crippen molar-refractivity contribution >= 4 is 11.7 Å². The maximum atomic E-state index is 13.0. The number of nitrogens with zero attached hydrogens (tertiary/aromatic N) is 5. The average molecular weight is 426 g/mol. The SMILES string of the molecule is CCCC(=O)N(Cc1c(C)nn(-c2ccccc2)c1N1CCN(CC)CC1)C(C)CC. The summed E-state index contributed by atoms with van der Waals surface area (Å²) in [5.74, 6) is 1.39. The Morgan fingerprint density at radius 3 is 2.35 bits per heavy atom. The zero-order valence-corrected chi connectivity index (χ0v) is 20.0. The zero-order valence-electron chi connectivity index (χ0n) is 20.0. The molecule has 3 rings (SSSR count). The molecule has 1 unspecified atom stereocenters. The number of hydrogen-bond donors (Lipinski definition) is 0. The minimum Gasteiger partial charge on any atom is -0.354 e. The van der Waals surface area contributed by atoms with Gasteiger partial charge < -0.3 is 14.7 Å². The summed E-state index contributed by atoms with van der Waals surface area (Å²) in [6, 6.07) is 10.6. The molecule has 1 aliphatic heterocycles. The highest BCUT2D eigenvalue weighted by Crippen LogP contribution is 2.30. The Labute approximate surface area is 187 Å². The highest BCUT2D eigenvalue weighted by molar-refractivity contribution is 5.76. The van der Waals surface area contributed by atoms with Crippen LogP contribution >= 0.6 is 0 Å². The molecule has 170 valence electrons. The highest BCUT2D eigenvalue weighted by Gasteiger charge is 2.28. The third-order valence-electron chi connectivity index (χ3n) is 6.51. The molecule has 2 heterocycles. The molecule has 1 atom stereocenters. The first kappa shape index (κ1) is 23.3. The Morgan fingerprint density at radius 2 is 1.77 bits per heavy atom. The van der Waals surface area contributed by atoms with Crippen LogP contribution in [0.1, 0.15) is 58.2 Å². The third kappa shape index (κ3) is 5.29. The molecule has 2 aromatic rings. The lowest BCUT2D eigenvalue weighted by atomic mass is 10.1. The van der Waals surface area contributed by atoms with E-state index in [2.05, 4.69) is 78.3 Å². The number of likely N-dealkylation sites (N-methyl/N-ethyl adjacent to an activating group) is 1. The number of benzene rings is 1. The molecule has 1 aliphatic rings. The van der Waals surface area contributed by atoms with Crippen LogP contribution in [0.5, 0.6) is 0 Å². The average Bonchev–Trinajstić information content (AvgIpc) is 3.13. The Bertz CT molecular complexity index is 839. The lowest BCUT2D eigenvalue weighted by Gasteiger charge is -2.37. The summed E-state index contributed by atoms with van der Waals surface area (Å²) in [6.45, 7) is 16.5. The minimum atomic E-state index is 0.211. The second-order valence-electron chi connectivity index (χ2n) is 8.59. The fraction of sp³-hybridized carbons (Fsp3) is 0.600. The minimum absolute atomic E-state index is 0.211. The van der Waals surface area contributed by atoms with Gasteiger partial charge in [-0.3, -0.25) is 4.79 Å². The monoisotopic (exact) mass is 425 g/mol. The summed E-state index contributed by atoms with van der Waals surface area (Å²) in [7, 11) is 0. The molecule has 0 bridgehead atoms. The summed E-state index contributed by atoms with van der Waals surface area (Å²) in [6.07, 6.45) is 2.42. The van der Waals surface area contributed by atoms with Crippen molar-refractivity contribution < 1.29 is 4.79 Å². The van der Waals surface area contributed by atoms with Crippen molar-refractivity contribution in [2.45, 2.75) is 66.5 Å². The topological polar surface area (TPSA) is 44.6 Å². The lowest BCUT2D eigenvalue weighted by Crippen LogP contribution is -2.47. The molecule has 0 saturated carbocycles. The van der Waals surface area contributed by atoms with Crippen LogP contribution in [0.15, 0.2) is 30.3 Å². The van der Waals surface area contributed by atoms with Gasteiger partial charge in [-0.2, -0.15) is 5.10 Å². The van der Waals surface area contributed by atoms with E-state index in [1.165, 1.54) is 5.56 Å². The van der Waals surface area contributed by atoms with Gasteiger partial charge in [0.1, 0.15) is 5.82 Å². The molecule has 0 N–H and O–H groups in total. The van der Waals surface area contributed by atoms with E-state index in [4.69, 9.17) is 5.10 Å². The Balaban J connectivity index is 2.02. The number of anilines is 1. The first-order chi connectivity index (χ1) is 15.0. The Kier molecular flexibility index (Phi) is 8.13. The van der Waals surface area contributed by atoms with Crippen molar-refractivity contribution in [1.29, 1.82) is 0 Å². The predicted octanol–water partition coefficient (Wildman–Crippen LogP) is 4.25. The van der Waals surface area contributed by atoms with E-state index in [0.29, 0.717) is 13.0 Å². The predicted molar refractivity (Wildman–Crippen MR) is 128 cm³/mol. The number of carbonyl (C=O) groups is 1. The first-order valence-corrected chi connectivity index (χ1v) is 11.9. The highest BCUT2D eigenvalue weighted by atomic mass is 16.2. The summed E-state index contributed by atoms with van der Waals surface area (Å²) in [4.78, 5) is 20.0. The maximum Gasteiger partial charge on any atom is 0.223 e. The molecule has 1 amide bonds. The standard InChI is InChI=1S/C25H39N5O/c1-6-12-24(31)29(20(4)7-2)19-23-21(5)26-30(22-13-10-9-11-14-22)25(23)28-17-15-27(8-3)16-18-28/h9-11,13-14,20H,6-8,12,15-19H2,1-5H3. The maximum absolute atomic E-state index is 13.0. The third-order valence-corrected chi connectivity index (χ3v) is 6.51. The van der Waals surface area contributed by atoms with Crippen molar-refractivity contribution in [2.75, 3.05) is 37.6 Å². The van der Waals surface area contributed by atoms with E-state index < -0.39 is 0 Å². The van der Waals surface area contributed by atoms with E-state index >= 15 is 0 Å². The van der Waals surface area contributed by atoms with Gasteiger partial charge in [0, 0.05) is 44.2 Å². The summed E-state index contributed by atoms with van der Waals surface area (Å²) in [5, 5.41) is 4.96. The van der Waals surface area contributed by atoms with Gasteiger partial charge in [-0.05, 0) is 45.4 Å². The van der Waals surface area contributed by atoms with Gasteiger partial charge in [0.05, 0.1) is 17.9 Å². The fourth-order valence-corrected chi connectivity index (χ4v) is 4.32. The van der Waals surface area contributed by atoms with Gasteiger partial charge in [-0.25, -0.2) is 4.68 Å². The van der Waals surface area contributed by atoms with Crippen LogP contribution in [0.3, 0.4) is 0 Å². The molecule has 1 aromatic carbocycles. The van der Waals surface area contributed by atoms with Gasteiger partial charge in [-0.1, -0.05) is 39.0 Å². The molecule has 0 aliphatic carbocycles. The second kappa shape index (κ2) is 10.8. The molecule has 1 fully saturated rings. The quantitative estimate of drug-likeness (QED) is 0.602. The molecule has 6 nitrogen and oxygen atoms in total. The molecule has 31 heavy (non-hydrogen) atoms. The molecular weight excluding hydrogens is 386 g/mol. The summed E-state index contributed by atoms with van der Waals surface area (Å²) >= 11 is 0. The van der Waals surface area contributed by atoms with Crippen molar-refractivity contribution in [2.24, 2.45) is 0 Å². The van der Waals surface area contributed by atoms with Crippen molar-refractivity contribution in [1.82, 2.24) is 19.6 Å². The Hall–Kier alpha value is -2.34. The van der Waals surface area contributed by atoms with E-state index in [9.17, 15) is 4.79 Å². The van der Waals surface area contributed by atoms with Crippen LogP contribution in [-0.2, 0) is 11.3 Å². The van der Waals surface area contributed by atoms with Crippen molar-refractivity contribution in [3.05, 3.63) is 41.6 Å². The number of piperazine rings is 1. The van der Waals surface area contributed by atoms with Crippen LogP contribution in [0.25, 0.3) is 5.69 Å². The smallest absolute Gasteiger partial charge is 0.223 e. The van der Waals surface area contributed by atoms with Crippen LogP contribution in [0.2, 0.25) is 0 Å². The van der Waals surface area contributed by atoms with Gasteiger partial charge in [0.15, 0.2) is 0 Å². The van der Waals surface area contributed by atoms with Crippen LogP contribution in [0, 0.1) is 6.92 Å². The number of carbonyl (C=O) groups excluding carboxylic acids is 1. The number of rotatable bonds is 9. The number of hydrogen-bond acceptors (Lipinski definition) is 4. The van der Waals surface area contributed by atoms with Gasteiger partial charge in [0.25, 0.3) is 0 Å². The zero-order chi connectivity index (χ0) is 22.4.